The van der Waals surface area contributed by atoms with Crippen LogP contribution in [0.5, 0.6) is 0 Å². The summed E-state index contributed by atoms with van der Waals surface area (Å²) in [5.41, 5.74) is 1.66. The third-order valence-corrected chi connectivity index (χ3v) is 7.45. The number of nitrogens with zero attached hydrogens (tertiary/aromatic N) is 2. The molecule has 2 unspecified atom stereocenters. The van der Waals surface area contributed by atoms with Crippen molar-refractivity contribution < 1.29 is 9.59 Å². The smallest absolute Gasteiger partial charge is 0.280 e. The third-order valence-electron chi connectivity index (χ3n) is 5.38. The Morgan fingerprint density at radius 3 is 1.60 bits per heavy atom. The van der Waals surface area contributed by atoms with Crippen LogP contribution >= 0.6 is 22.7 Å². The Balaban J connectivity index is 1.30. The maximum atomic E-state index is 12.8. The number of fused-ring (bicyclic) bond motifs is 2. The van der Waals surface area contributed by atoms with Crippen LogP contribution in [0.3, 0.4) is 0 Å². The minimum atomic E-state index is -0.178. The molecule has 0 saturated heterocycles. The zero-order chi connectivity index (χ0) is 20.5. The van der Waals surface area contributed by atoms with E-state index in [4.69, 9.17) is 0 Å². The lowest BCUT2D eigenvalue weighted by Gasteiger charge is -2.32. The zero-order valence-corrected chi connectivity index (χ0v) is 17.8. The largest absolute Gasteiger partial charge is 0.345 e. The number of aromatic nitrogens is 2. The van der Waals surface area contributed by atoms with Crippen molar-refractivity contribution in [3.05, 3.63) is 58.5 Å². The second-order valence-corrected chi connectivity index (χ2v) is 9.48. The number of nitrogens with one attached hydrogen (secondary N) is 2. The first kappa shape index (κ1) is 19.1. The van der Waals surface area contributed by atoms with Gasteiger partial charge in [-0.3, -0.25) is 9.59 Å². The van der Waals surface area contributed by atoms with Crippen LogP contribution in [0.4, 0.5) is 0 Å². The highest BCUT2D eigenvalue weighted by molar-refractivity contribution is 7.20. The predicted octanol–water partition coefficient (Wildman–Crippen LogP) is 4.38. The molecular weight excluding hydrogens is 416 g/mol. The molecule has 2 atom stereocenters. The quantitative estimate of drug-likeness (QED) is 0.497. The van der Waals surface area contributed by atoms with E-state index in [1.165, 1.54) is 22.7 Å². The molecule has 0 spiro atoms. The number of carbonyl (C=O) groups is 2. The van der Waals surface area contributed by atoms with E-state index in [2.05, 4.69) is 20.6 Å². The molecule has 2 heterocycles. The van der Waals surface area contributed by atoms with E-state index in [0.29, 0.717) is 10.0 Å². The lowest BCUT2D eigenvalue weighted by Crippen LogP contribution is -2.53. The molecule has 152 valence electrons. The van der Waals surface area contributed by atoms with Crippen molar-refractivity contribution in [2.75, 3.05) is 0 Å². The Hall–Kier alpha value is -2.84. The third kappa shape index (κ3) is 3.80. The average molecular weight is 437 g/mol. The van der Waals surface area contributed by atoms with Crippen LogP contribution in [0.1, 0.15) is 45.3 Å². The van der Waals surface area contributed by atoms with Crippen LogP contribution in [-0.4, -0.2) is 33.9 Å². The molecule has 2 aromatic carbocycles. The van der Waals surface area contributed by atoms with Gasteiger partial charge in [-0.2, -0.15) is 0 Å². The van der Waals surface area contributed by atoms with Gasteiger partial charge in [-0.05, 0) is 37.1 Å². The summed E-state index contributed by atoms with van der Waals surface area (Å²) in [5.74, 6) is -0.357. The normalized spacial score (nSPS) is 19.1. The monoisotopic (exact) mass is 436 g/mol. The van der Waals surface area contributed by atoms with Crippen molar-refractivity contribution in [2.24, 2.45) is 0 Å². The first-order chi connectivity index (χ1) is 14.7. The Kier molecular flexibility index (Phi) is 5.18. The van der Waals surface area contributed by atoms with Crippen molar-refractivity contribution in [2.45, 2.75) is 37.8 Å². The SMILES string of the molecule is O=C(NC1CCCCC1NC(=O)c1nc2ccccc2s1)c1nc2ccccc2s1. The molecule has 1 aliphatic rings. The molecule has 5 rings (SSSR count). The van der Waals surface area contributed by atoms with Gasteiger partial charge in [0.25, 0.3) is 11.8 Å². The van der Waals surface area contributed by atoms with Gasteiger partial charge in [0.1, 0.15) is 0 Å². The minimum Gasteiger partial charge on any atom is -0.345 e. The van der Waals surface area contributed by atoms with Crippen LogP contribution in [0.15, 0.2) is 48.5 Å². The van der Waals surface area contributed by atoms with Gasteiger partial charge in [0.2, 0.25) is 0 Å². The molecule has 2 amide bonds. The van der Waals surface area contributed by atoms with Crippen LogP contribution in [-0.2, 0) is 0 Å². The maximum Gasteiger partial charge on any atom is 0.280 e. The highest BCUT2D eigenvalue weighted by Gasteiger charge is 2.29. The number of amides is 2. The molecule has 30 heavy (non-hydrogen) atoms. The fraction of sp³-hybridized carbons (Fsp3) is 0.273. The Morgan fingerprint density at radius 1 is 0.733 bits per heavy atom. The summed E-state index contributed by atoms with van der Waals surface area (Å²) >= 11 is 2.78. The van der Waals surface area contributed by atoms with Gasteiger partial charge in [0.15, 0.2) is 10.0 Å². The van der Waals surface area contributed by atoms with Gasteiger partial charge in [-0.15, -0.1) is 22.7 Å². The number of thiazole rings is 2. The van der Waals surface area contributed by atoms with E-state index in [9.17, 15) is 9.59 Å². The Labute approximate surface area is 181 Å². The number of rotatable bonds is 4. The van der Waals surface area contributed by atoms with Gasteiger partial charge in [0.05, 0.1) is 20.4 Å². The second kappa shape index (κ2) is 8.12. The first-order valence-electron chi connectivity index (χ1n) is 10.0. The molecule has 4 aromatic rings. The molecule has 0 aliphatic heterocycles. The summed E-state index contributed by atoms with van der Waals surface area (Å²) in [4.78, 5) is 34.5. The topological polar surface area (TPSA) is 84.0 Å². The Morgan fingerprint density at radius 2 is 1.17 bits per heavy atom. The highest BCUT2D eigenvalue weighted by Crippen LogP contribution is 2.25. The van der Waals surface area contributed by atoms with Gasteiger partial charge in [-0.1, -0.05) is 37.1 Å². The van der Waals surface area contributed by atoms with Crippen LogP contribution in [0.2, 0.25) is 0 Å². The molecule has 2 N–H and O–H groups in total. The summed E-state index contributed by atoms with van der Waals surface area (Å²) in [5, 5.41) is 7.13. The minimum absolute atomic E-state index is 0.114. The highest BCUT2D eigenvalue weighted by atomic mass is 32.1. The average Bonchev–Trinajstić information content (AvgIpc) is 3.39. The lowest BCUT2D eigenvalue weighted by atomic mass is 9.90. The van der Waals surface area contributed by atoms with Crippen molar-refractivity contribution in [3.63, 3.8) is 0 Å². The summed E-state index contributed by atoms with van der Waals surface area (Å²) in [6, 6.07) is 15.2. The molecule has 0 bridgehead atoms. The second-order valence-electron chi connectivity index (χ2n) is 7.42. The predicted molar refractivity (Wildman–Crippen MR) is 120 cm³/mol. The fourth-order valence-electron chi connectivity index (χ4n) is 3.88. The molecule has 1 aliphatic carbocycles. The van der Waals surface area contributed by atoms with E-state index in [1.54, 1.807) is 0 Å². The molecule has 1 fully saturated rings. The van der Waals surface area contributed by atoms with Crippen LogP contribution < -0.4 is 10.6 Å². The number of hydrogen-bond acceptors (Lipinski definition) is 6. The van der Waals surface area contributed by atoms with Gasteiger partial charge in [0, 0.05) is 12.1 Å². The molecule has 6 nitrogen and oxygen atoms in total. The summed E-state index contributed by atoms with van der Waals surface area (Å²) in [6.07, 6.45) is 3.72. The van der Waals surface area contributed by atoms with Gasteiger partial charge in [-0.25, -0.2) is 9.97 Å². The molecule has 2 aromatic heterocycles. The van der Waals surface area contributed by atoms with E-state index in [-0.39, 0.29) is 23.9 Å². The molecule has 8 heteroatoms. The summed E-state index contributed by atoms with van der Waals surface area (Å²) < 4.78 is 1.99. The summed E-state index contributed by atoms with van der Waals surface area (Å²) in [6.45, 7) is 0. The first-order valence-corrected chi connectivity index (χ1v) is 11.6. The van der Waals surface area contributed by atoms with Crippen LogP contribution in [0, 0.1) is 0 Å². The summed E-state index contributed by atoms with van der Waals surface area (Å²) in [7, 11) is 0. The van der Waals surface area contributed by atoms with Crippen molar-refractivity contribution in [3.8, 4) is 0 Å². The maximum absolute atomic E-state index is 12.8. The standard InChI is InChI=1S/C22H20N4O2S2/c27-19(21-25-15-9-3-5-11-17(15)29-21)23-13-7-1-2-8-14(13)24-20(28)22-26-16-10-4-6-12-18(16)30-22/h3-6,9-14H,1-2,7-8H2,(H,23,27)(H,24,28). The molecule has 0 radical (unpaired) electrons. The van der Waals surface area contributed by atoms with Crippen LogP contribution in [0.25, 0.3) is 20.4 Å². The molecule has 1 saturated carbocycles. The zero-order valence-electron chi connectivity index (χ0n) is 16.1. The molecular formula is C22H20N4O2S2. The van der Waals surface area contributed by atoms with Crippen molar-refractivity contribution in [1.29, 1.82) is 0 Å². The number of benzene rings is 2. The van der Waals surface area contributed by atoms with Gasteiger partial charge >= 0.3 is 0 Å². The Bertz CT molecular complexity index is 1070. The fourth-order valence-corrected chi connectivity index (χ4v) is 5.61. The van der Waals surface area contributed by atoms with E-state index in [1.807, 2.05) is 48.5 Å². The number of hydrogen-bond donors (Lipinski definition) is 2. The van der Waals surface area contributed by atoms with E-state index in [0.717, 1.165) is 46.1 Å². The van der Waals surface area contributed by atoms with Crippen molar-refractivity contribution in [1.82, 2.24) is 20.6 Å². The number of carbonyl (C=O) groups excluding carboxylic acids is 2. The van der Waals surface area contributed by atoms with E-state index >= 15 is 0 Å². The van der Waals surface area contributed by atoms with Gasteiger partial charge < -0.3 is 10.6 Å². The van der Waals surface area contributed by atoms with E-state index < -0.39 is 0 Å². The number of para-hydroxylation sites is 2. The van der Waals surface area contributed by atoms with Crippen molar-refractivity contribution >= 4 is 54.9 Å². The lowest BCUT2D eigenvalue weighted by molar-refractivity contribution is 0.0862.